The fourth-order valence-electron chi connectivity index (χ4n) is 7.30. The highest BCUT2D eigenvalue weighted by Crippen LogP contribution is 2.46. The molecule has 0 spiro atoms. The molecule has 3 aromatic rings. The summed E-state index contributed by atoms with van der Waals surface area (Å²) in [5.74, 6) is 0.989. The maximum absolute atomic E-state index is 13.1. The molecule has 8 heteroatoms. The number of aliphatic hydroxyl groups is 1. The number of carbonyl (C=O) groups is 2. The van der Waals surface area contributed by atoms with Crippen molar-refractivity contribution < 1.29 is 14.7 Å². The number of likely N-dealkylation sites (tertiary alicyclic amines) is 1. The van der Waals surface area contributed by atoms with Crippen molar-refractivity contribution in [2.75, 3.05) is 11.9 Å². The van der Waals surface area contributed by atoms with Crippen molar-refractivity contribution in [3.63, 3.8) is 0 Å². The Morgan fingerprint density at radius 2 is 1.71 bits per heavy atom. The second-order valence-electron chi connectivity index (χ2n) is 12.9. The molecule has 8 nitrogen and oxygen atoms in total. The van der Waals surface area contributed by atoms with Gasteiger partial charge in [-0.05, 0) is 81.4 Å². The predicted molar refractivity (Wildman–Crippen MR) is 163 cm³/mol. The summed E-state index contributed by atoms with van der Waals surface area (Å²) in [6, 6.07) is 20.2. The van der Waals surface area contributed by atoms with Gasteiger partial charge in [0.05, 0.1) is 5.60 Å². The van der Waals surface area contributed by atoms with Gasteiger partial charge >= 0.3 is 0 Å². The monoisotopic (exact) mass is 567 g/mol. The summed E-state index contributed by atoms with van der Waals surface area (Å²) in [4.78, 5) is 27.5. The third kappa shape index (κ3) is 6.10. The van der Waals surface area contributed by atoms with Gasteiger partial charge in [0.2, 0.25) is 11.8 Å². The Balaban J connectivity index is 1.14. The first kappa shape index (κ1) is 28.5. The minimum atomic E-state index is -0.716. The Kier molecular flexibility index (Phi) is 7.85. The van der Waals surface area contributed by atoms with E-state index in [0.717, 1.165) is 73.0 Å². The van der Waals surface area contributed by atoms with Crippen LogP contribution < -0.4 is 11.1 Å². The lowest BCUT2D eigenvalue weighted by atomic mass is 9.63. The third-order valence-electron chi connectivity index (χ3n) is 9.36. The van der Waals surface area contributed by atoms with Crippen LogP contribution in [0.3, 0.4) is 0 Å². The number of piperidine rings is 1. The molecule has 0 radical (unpaired) electrons. The molecule has 0 bridgehead atoms. The summed E-state index contributed by atoms with van der Waals surface area (Å²) < 4.78 is 0. The highest BCUT2D eigenvalue weighted by molar-refractivity contribution is 5.91. The van der Waals surface area contributed by atoms with Crippen molar-refractivity contribution in [2.45, 2.75) is 88.3 Å². The van der Waals surface area contributed by atoms with Crippen LogP contribution in [0.5, 0.6) is 0 Å². The van der Waals surface area contributed by atoms with Gasteiger partial charge in [-0.15, -0.1) is 10.2 Å². The normalized spacial score (nSPS) is 27.8. The number of aromatic nitrogens is 2. The predicted octanol–water partition coefficient (Wildman–Crippen LogP) is 5.41. The summed E-state index contributed by atoms with van der Waals surface area (Å²) in [7, 11) is 0. The highest BCUT2D eigenvalue weighted by Gasteiger charge is 2.49. The molecule has 42 heavy (non-hydrogen) atoms. The van der Waals surface area contributed by atoms with Crippen LogP contribution in [0.2, 0.25) is 0 Å². The average Bonchev–Trinajstić information content (AvgIpc) is 2.97. The van der Waals surface area contributed by atoms with Crippen LogP contribution in [-0.4, -0.2) is 50.2 Å². The van der Waals surface area contributed by atoms with E-state index in [1.54, 1.807) is 0 Å². The quantitative estimate of drug-likeness (QED) is 0.351. The Morgan fingerprint density at radius 3 is 2.38 bits per heavy atom. The number of hydrogen-bond acceptors (Lipinski definition) is 6. The van der Waals surface area contributed by atoms with Gasteiger partial charge in [0, 0.05) is 42.1 Å². The standard InChI is InChI=1S/C34H41N5O3/c1-33(42)21-34(35,22-33)26-14-12-25(13-15-26)32-28(24-7-3-2-4-8-24)20-29(37-38-32)36-30(40)19-23-10-16-27(17-11-23)39-18-6-5-9-31(39)41/h2-4,7-8,12-15,20,23,27,42H,5-6,9-11,16-19,21-22,35H2,1H3,(H,36,37,40). The molecule has 2 amide bonds. The molecule has 3 fully saturated rings. The van der Waals surface area contributed by atoms with Crippen molar-refractivity contribution in [3.8, 4) is 22.4 Å². The lowest BCUT2D eigenvalue weighted by molar-refractivity contribution is -0.136. The van der Waals surface area contributed by atoms with Gasteiger partial charge in [-0.2, -0.15) is 0 Å². The first-order valence-corrected chi connectivity index (χ1v) is 15.3. The van der Waals surface area contributed by atoms with E-state index in [9.17, 15) is 14.7 Å². The maximum atomic E-state index is 13.1. The topological polar surface area (TPSA) is 121 Å². The molecule has 6 rings (SSSR count). The molecule has 4 N–H and O–H groups in total. The Morgan fingerprint density at radius 1 is 1.00 bits per heavy atom. The fraction of sp³-hybridized carbons (Fsp3) is 0.471. The SMILES string of the molecule is CC1(O)CC(N)(c2ccc(-c3nnc(NC(=O)CC4CCC(N5CCCCC5=O)CC4)cc3-c3ccccc3)cc2)C1. The van der Waals surface area contributed by atoms with E-state index in [1.807, 2.05) is 67.6 Å². The largest absolute Gasteiger partial charge is 0.390 e. The maximum Gasteiger partial charge on any atom is 0.225 e. The first-order chi connectivity index (χ1) is 20.2. The van der Waals surface area contributed by atoms with E-state index >= 15 is 0 Å². The van der Waals surface area contributed by atoms with Gasteiger partial charge in [-0.25, -0.2) is 0 Å². The van der Waals surface area contributed by atoms with Gasteiger partial charge < -0.3 is 21.1 Å². The third-order valence-corrected chi connectivity index (χ3v) is 9.36. The zero-order valence-electron chi connectivity index (χ0n) is 24.4. The lowest BCUT2D eigenvalue weighted by Gasteiger charge is -2.49. The molecule has 2 saturated carbocycles. The molecule has 3 aliphatic rings. The number of rotatable bonds is 7. The van der Waals surface area contributed by atoms with Crippen molar-refractivity contribution in [1.82, 2.24) is 15.1 Å². The van der Waals surface area contributed by atoms with Crippen LogP contribution in [0.25, 0.3) is 22.4 Å². The van der Waals surface area contributed by atoms with Crippen LogP contribution >= 0.6 is 0 Å². The number of nitrogens with zero attached hydrogens (tertiary/aromatic N) is 3. The van der Waals surface area contributed by atoms with Crippen molar-refractivity contribution >= 4 is 17.6 Å². The summed E-state index contributed by atoms with van der Waals surface area (Å²) in [5.41, 5.74) is 9.80. The second kappa shape index (κ2) is 11.6. The number of hydrogen-bond donors (Lipinski definition) is 3. The Bertz CT molecular complexity index is 1420. The average molecular weight is 568 g/mol. The first-order valence-electron chi connectivity index (χ1n) is 15.3. The van der Waals surface area contributed by atoms with Crippen LogP contribution in [0.15, 0.2) is 60.7 Å². The van der Waals surface area contributed by atoms with E-state index in [4.69, 9.17) is 5.73 Å². The molecule has 1 aliphatic heterocycles. The van der Waals surface area contributed by atoms with Crippen LogP contribution in [0, 0.1) is 5.92 Å². The van der Waals surface area contributed by atoms with E-state index in [2.05, 4.69) is 20.4 Å². The summed E-state index contributed by atoms with van der Waals surface area (Å²) in [5, 5.41) is 22.2. The number of nitrogens with one attached hydrogen (secondary N) is 1. The molecule has 220 valence electrons. The second-order valence-corrected chi connectivity index (χ2v) is 12.9. The molecule has 2 aliphatic carbocycles. The number of benzene rings is 2. The molecule has 0 unspecified atom stereocenters. The van der Waals surface area contributed by atoms with Gasteiger partial charge in [0.25, 0.3) is 0 Å². The van der Waals surface area contributed by atoms with E-state index in [0.29, 0.717) is 49.4 Å². The summed E-state index contributed by atoms with van der Waals surface area (Å²) in [6.07, 6.45) is 8.15. The van der Waals surface area contributed by atoms with Crippen molar-refractivity contribution in [1.29, 1.82) is 0 Å². The molecule has 2 aromatic carbocycles. The van der Waals surface area contributed by atoms with Gasteiger partial charge in [0.1, 0.15) is 5.69 Å². The number of anilines is 1. The molecule has 2 heterocycles. The van der Waals surface area contributed by atoms with Crippen LogP contribution in [0.4, 0.5) is 5.82 Å². The Labute approximate surface area is 247 Å². The fourth-order valence-corrected chi connectivity index (χ4v) is 7.30. The zero-order valence-corrected chi connectivity index (χ0v) is 24.4. The summed E-state index contributed by atoms with van der Waals surface area (Å²) >= 11 is 0. The molecule has 0 atom stereocenters. The Hall–Kier alpha value is -3.62. The van der Waals surface area contributed by atoms with Crippen molar-refractivity contribution in [3.05, 3.63) is 66.2 Å². The van der Waals surface area contributed by atoms with E-state index in [-0.39, 0.29) is 5.91 Å². The van der Waals surface area contributed by atoms with Gasteiger partial charge in [-0.1, -0.05) is 54.6 Å². The summed E-state index contributed by atoms with van der Waals surface area (Å²) in [6.45, 7) is 2.70. The van der Waals surface area contributed by atoms with Crippen LogP contribution in [0.1, 0.15) is 76.7 Å². The zero-order chi connectivity index (χ0) is 29.3. The highest BCUT2D eigenvalue weighted by atomic mass is 16.3. The molecule has 1 aromatic heterocycles. The minimum absolute atomic E-state index is 0.0532. The number of carbonyl (C=O) groups excluding carboxylic acids is 2. The van der Waals surface area contributed by atoms with Gasteiger partial charge in [-0.3, -0.25) is 9.59 Å². The van der Waals surface area contributed by atoms with E-state index in [1.165, 1.54) is 0 Å². The molecule has 1 saturated heterocycles. The van der Waals surface area contributed by atoms with Crippen LogP contribution in [-0.2, 0) is 15.1 Å². The smallest absolute Gasteiger partial charge is 0.225 e. The van der Waals surface area contributed by atoms with Gasteiger partial charge in [0.15, 0.2) is 5.82 Å². The number of amides is 2. The molecular formula is C34H41N5O3. The van der Waals surface area contributed by atoms with Crippen molar-refractivity contribution in [2.24, 2.45) is 11.7 Å². The lowest BCUT2D eigenvalue weighted by Crippen LogP contribution is -2.58. The minimum Gasteiger partial charge on any atom is -0.390 e. The number of nitrogens with two attached hydrogens (primary N) is 1. The van der Waals surface area contributed by atoms with E-state index < -0.39 is 11.1 Å². The molecular weight excluding hydrogens is 526 g/mol.